The summed E-state index contributed by atoms with van der Waals surface area (Å²) in [6.07, 6.45) is 7.05. The van der Waals surface area contributed by atoms with E-state index in [0.717, 1.165) is 5.82 Å². The van der Waals surface area contributed by atoms with Crippen LogP contribution in [0.5, 0.6) is 0 Å². The van der Waals surface area contributed by atoms with Crippen LogP contribution in [0.4, 0.5) is 5.69 Å². The first kappa shape index (κ1) is 12.3. The molecule has 0 bridgehead atoms. The van der Waals surface area contributed by atoms with Crippen molar-refractivity contribution in [1.29, 1.82) is 0 Å². The molecule has 3 N–H and O–H groups in total. The average molecular weight is 245 g/mol. The van der Waals surface area contributed by atoms with Gasteiger partial charge in [0.1, 0.15) is 12.1 Å². The lowest BCUT2D eigenvalue weighted by Gasteiger charge is -2.07. The number of rotatable bonds is 4. The van der Waals surface area contributed by atoms with E-state index >= 15 is 0 Å². The van der Waals surface area contributed by atoms with Gasteiger partial charge in [0.05, 0.1) is 11.9 Å². The Bertz CT molecular complexity index is 504. The zero-order valence-corrected chi connectivity index (χ0v) is 10.1. The Labute approximate surface area is 105 Å². The van der Waals surface area contributed by atoms with E-state index in [2.05, 4.69) is 15.3 Å². The van der Waals surface area contributed by atoms with Gasteiger partial charge in [0, 0.05) is 24.9 Å². The maximum absolute atomic E-state index is 11.5. The third-order valence-electron chi connectivity index (χ3n) is 2.31. The lowest BCUT2D eigenvalue weighted by molar-refractivity contribution is -0.116. The number of hydrogen-bond acceptors (Lipinski definition) is 4. The molecule has 2 heterocycles. The number of nitrogens with two attached hydrogens (primary N) is 1. The number of amides is 1. The second-order valence-corrected chi connectivity index (χ2v) is 4.10. The zero-order valence-electron chi connectivity index (χ0n) is 10.1. The summed E-state index contributed by atoms with van der Waals surface area (Å²) in [5, 5.41) is 2.74. The summed E-state index contributed by atoms with van der Waals surface area (Å²) in [5.41, 5.74) is 6.21. The molecule has 18 heavy (non-hydrogen) atoms. The van der Waals surface area contributed by atoms with E-state index < -0.39 is 0 Å². The zero-order chi connectivity index (χ0) is 13.0. The molecular weight excluding hydrogens is 230 g/mol. The Balaban J connectivity index is 2.02. The van der Waals surface area contributed by atoms with Gasteiger partial charge in [0.2, 0.25) is 5.91 Å². The largest absolute Gasteiger partial charge is 0.327 e. The number of nitrogens with one attached hydrogen (secondary N) is 1. The molecule has 0 saturated carbocycles. The Morgan fingerprint density at radius 3 is 2.94 bits per heavy atom. The molecule has 0 fully saturated rings. The lowest BCUT2D eigenvalue weighted by Crippen LogP contribution is -2.24. The van der Waals surface area contributed by atoms with Crippen LogP contribution < -0.4 is 11.1 Å². The summed E-state index contributed by atoms with van der Waals surface area (Å²) in [6.45, 7) is 1.79. The van der Waals surface area contributed by atoms with Gasteiger partial charge in [-0.3, -0.25) is 9.36 Å². The van der Waals surface area contributed by atoms with Gasteiger partial charge in [-0.2, -0.15) is 0 Å². The number of aromatic nitrogens is 3. The minimum Gasteiger partial charge on any atom is -0.327 e. The molecule has 0 aliphatic carbocycles. The van der Waals surface area contributed by atoms with Crippen LogP contribution in [0.2, 0.25) is 0 Å². The highest BCUT2D eigenvalue weighted by Gasteiger charge is 2.05. The van der Waals surface area contributed by atoms with Crippen molar-refractivity contribution < 1.29 is 4.79 Å². The summed E-state index contributed by atoms with van der Waals surface area (Å²) in [7, 11) is 0. The fourth-order valence-electron chi connectivity index (χ4n) is 1.51. The minimum absolute atomic E-state index is 0.109. The van der Waals surface area contributed by atoms with Gasteiger partial charge in [-0.15, -0.1) is 0 Å². The standard InChI is InChI=1S/C12H15N5O/c1-9(13)6-12(18)16-10-2-3-11(15-7-10)17-5-4-14-8-17/h2-5,7-9H,6,13H2,1H3,(H,16,18). The third kappa shape index (κ3) is 3.14. The number of imidazole rings is 1. The second-order valence-electron chi connectivity index (χ2n) is 4.10. The Hall–Kier alpha value is -2.21. The molecule has 0 radical (unpaired) electrons. The maximum atomic E-state index is 11.5. The van der Waals surface area contributed by atoms with Gasteiger partial charge < -0.3 is 11.1 Å². The number of hydrogen-bond donors (Lipinski definition) is 2. The molecule has 2 aromatic rings. The summed E-state index contributed by atoms with van der Waals surface area (Å²) in [5.74, 6) is 0.639. The maximum Gasteiger partial charge on any atom is 0.225 e. The highest BCUT2D eigenvalue weighted by molar-refractivity contribution is 5.90. The summed E-state index contributed by atoms with van der Waals surface area (Å²) in [6, 6.07) is 3.45. The predicted octanol–water partition coefficient (Wildman–Crippen LogP) is 0.943. The topological polar surface area (TPSA) is 85.8 Å². The first-order valence-corrected chi connectivity index (χ1v) is 5.65. The summed E-state index contributed by atoms with van der Waals surface area (Å²) < 4.78 is 1.79. The van der Waals surface area contributed by atoms with Crippen molar-refractivity contribution in [3.8, 4) is 5.82 Å². The van der Waals surface area contributed by atoms with Crippen LogP contribution in [0.1, 0.15) is 13.3 Å². The summed E-state index contributed by atoms with van der Waals surface area (Å²) in [4.78, 5) is 19.7. The molecule has 0 spiro atoms. The fraction of sp³-hybridized carbons (Fsp3) is 0.250. The van der Waals surface area contributed by atoms with E-state index in [4.69, 9.17) is 5.73 Å². The third-order valence-corrected chi connectivity index (χ3v) is 2.31. The number of pyridine rings is 1. The van der Waals surface area contributed by atoms with Gasteiger partial charge >= 0.3 is 0 Å². The van der Waals surface area contributed by atoms with Crippen LogP contribution in [0, 0.1) is 0 Å². The van der Waals surface area contributed by atoms with Crippen molar-refractivity contribution in [2.45, 2.75) is 19.4 Å². The van der Waals surface area contributed by atoms with Crippen molar-refractivity contribution in [3.05, 3.63) is 37.1 Å². The van der Waals surface area contributed by atoms with E-state index in [1.165, 1.54) is 0 Å². The van der Waals surface area contributed by atoms with E-state index in [1.807, 2.05) is 6.07 Å². The molecule has 1 atom stereocenters. The highest BCUT2D eigenvalue weighted by atomic mass is 16.1. The first-order valence-electron chi connectivity index (χ1n) is 5.65. The van der Waals surface area contributed by atoms with Crippen molar-refractivity contribution >= 4 is 11.6 Å². The van der Waals surface area contributed by atoms with Crippen molar-refractivity contribution in [2.75, 3.05) is 5.32 Å². The van der Waals surface area contributed by atoms with Crippen LogP contribution in [-0.4, -0.2) is 26.5 Å². The molecule has 6 heteroatoms. The van der Waals surface area contributed by atoms with Crippen LogP contribution in [0.15, 0.2) is 37.1 Å². The van der Waals surface area contributed by atoms with Gasteiger partial charge in [0.15, 0.2) is 0 Å². The van der Waals surface area contributed by atoms with E-state index in [-0.39, 0.29) is 11.9 Å². The molecule has 0 saturated heterocycles. The lowest BCUT2D eigenvalue weighted by atomic mass is 10.2. The van der Waals surface area contributed by atoms with E-state index in [9.17, 15) is 4.79 Å². The monoisotopic (exact) mass is 245 g/mol. The second kappa shape index (κ2) is 5.42. The molecule has 0 aliphatic heterocycles. The Kier molecular flexibility index (Phi) is 3.69. The number of carbonyl (C=O) groups is 1. The van der Waals surface area contributed by atoms with Crippen LogP contribution in [-0.2, 0) is 4.79 Å². The van der Waals surface area contributed by atoms with E-state index in [1.54, 1.807) is 42.5 Å². The Morgan fingerprint density at radius 2 is 2.39 bits per heavy atom. The highest BCUT2D eigenvalue weighted by Crippen LogP contribution is 2.09. The van der Waals surface area contributed by atoms with Crippen molar-refractivity contribution in [1.82, 2.24) is 14.5 Å². The number of nitrogens with zero attached hydrogens (tertiary/aromatic N) is 3. The first-order chi connectivity index (χ1) is 8.65. The molecule has 1 amide bonds. The van der Waals surface area contributed by atoms with E-state index in [0.29, 0.717) is 12.1 Å². The number of carbonyl (C=O) groups excluding carboxylic acids is 1. The van der Waals surface area contributed by atoms with Crippen molar-refractivity contribution in [2.24, 2.45) is 5.73 Å². The van der Waals surface area contributed by atoms with Crippen LogP contribution in [0.3, 0.4) is 0 Å². The minimum atomic E-state index is -0.150. The normalized spacial score (nSPS) is 12.1. The Morgan fingerprint density at radius 1 is 1.56 bits per heavy atom. The van der Waals surface area contributed by atoms with Gasteiger partial charge in [-0.1, -0.05) is 0 Å². The quantitative estimate of drug-likeness (QED) is 0.839. The number of anilines is 1. The average Bonchev–Trinajstić information content (AvgIpc) is 2.82. The predicted molar refractivity (Wildman–Crippen MR) is 68.3 cm³/mol. The molecule has 2 aromatic heterocycles. The smallest absolute Gasteiger partial charge is 0.225 e. The fourth-order valence-corrected chi connectivity index (χ4v) is 1.51. The van der Waals surface area contributed by atoms with Gasteiger partial charge in [0.25, 0.3) is 0 Å². The SMILES string of the molecule is CC(N)CC(=O)Nc1ccc(-n2ccnc2)nc1. The molecular formula is C12H15N5O. The summed E-state index contributed by atoms with van der Waals surface area (Å²) >= 11 is 0. The van der Waals surface area contributed by atoms with Crippen molar-refractivity contribution in [3.63, 3.8) is 0 Å². The molecule has 94 valence electrons. The van der Waals surface area contributed by atoms with Crippen LogP contribution in [0.25, 0.3) is 5.82 Å². The molecule has 6 nitrogen and oxygen atoms in total. The van der Waals surface area contributed by atoms with Crippen LogP contribution >= 0.6 is 0 Å². The molecule has 2 rings (SSSR count). The molecule has 0 aromatic carbocycles. The molecule has 0 aliphatic rings. The van der Waals surface area contributed by atoms with Gasteiger partial charge in [-0.25, -0.2) is 9.97 Å². The molecule has 1 unspecified atom stereocenters. The van der Waals surface area contributed by atoms with Gasteiger partial charge in [-0.05, 0) is 19.1 Å².